The van der Waals surface area contributed by atoms with Gasteiger partial charge in [0.25, 0.3) is 0 Å². The van der Waals surface area contributed by atoms with Gasteiger partial charge >= 0.3 is 0 Å². The van der Waals surface area contributed by atoms with Gasteiger partial charge in [-0.05, 0) is 38.0 Å². The maximum atomic E-state index is 12.3. The first-order chi connectivity index (χ1) is 9.44. The van der Waals surface area contributed by atoms with Gasteiger partial charge in [0.05, 0.1) is 22.8 Å². The third kappa shape index (κ3) is 3.30. The van der Waals surface area contributed by atoms with Crippen molar-refractivity contribution in [1.82, 2.24) is 4.72 Å². The highest BCUT2D eigenvalue weighted by Gasteiger charge is 2.28. The fourth-order valence-electron chi connectivity index (χ4n) is 2.16. The van der Waals surface area contributed by atoms with Crippen molar-refractivity contribution in [3.8, 4) is 6.07 Å². The summed E-state index contributed by atoms with van der Waals surface area (Å²) in [6.45, 7) is 2.41. The molecule has 1 fully saturated rings. The molecule has 1 aliphatic rings. The summed E-state index contributed by atoms with van der Waals surface area (Å²) in [6, 6.07) is 5.71. The first-order valence-electron chi connectivity index (χ1n) is 6.27. The van der Waals surface area contributed by atoms with Crippen molar-refractivity contribution >= 4 is 21.6 Å². The average Bonchev–Trinajstić information content (AvgIpc) is 2.92. The summed E-state index contributed by atoms with van der Waals surface area (Å²) >= 11 is 5.92. The number of rotatable bonds is 4. The smallest absolute Gasteiger partial charge is 0.242 e. The molecule has 1 heterocycles. The van der Waals surface area contributed by atoms with E-state index >= 15 is 0 Å². The van der Waals surface area contributed by atoms with Crippen LogP contribution in [0.15, 0.2) is 23.1 Å². The third-order valence-electron chi connectivity index (χ3n) is 3.21. The highest BCUT2D eigenvalue weighted by Crippen LogP contribution is 2.24. The molecule has 2 unspecified atom stereocenters. The molecule has 0 radical (unpaired) electrons. The molecule has 0 amide bonds. The molecule has 1 aromatic rings. The molecule has 1 N–H and O–H groups in total. The third-order valence-corrected chi connectivity index (χ3v) is 5.25. The molecule has 1 saturated heterocycles. The second-order valence-electron chi connectivity index (χ2n) is 4.72. The van der Waals surface area contributed by atoms with Crippen LogP contribution in [0.1, 0.15) is 25.3 Å². The van der Waals surface area contributed by atoms with E-state index < -0.39 is 10.0 Å². The molecular formula is C13H15ClN2O3S. The quantitative estimate of drug-likeness (QED) is 0.922. The second kappa shape index (κ2) is 6.10. The molecule has 1 aliphatic heterocycles. The van der Waals surface area contributed by atoms with Gasteiger partial charge in [-0.2, -0.15) is 5.26 Å². The second-order valence-corrected chi connectivity index (χ2v) is 6.81. The van der Waals surface area contributed by atoms with Crippen LogP contribution in [-0.2, 0) is 14.8 Å². The number of ether oxygens (including phenoxy) is 1. The highest BCUT2D eigenvalue weighted by molar-refractivity contribution is 7.89. The van der Waals surface area contributed by atoms with Crippen LogP contribution >= 0.6 is 11.6 Å². The van der Waals surface area contributed by atoms with E-state index in [4.69, 9.17) is 21.6 Å². The van der Waals surface area contributed by atoms with Crippen molar-refractivity contribution in [2.75, 3.05) is 6.61 Å². The minimum Gasteiger partial charge on any atom is -0.377 e. The number of hydrogen-bond donors (Lipinski definition) is 1. The summed E-state index contributed by atoms with van der Waals surface area (Å²) in [5.41, 5.74) is 0.250. The van der Waals surface area contributed by atoms with E-state index in [1.54, 1.807) is 6.92 Å². The molecule has 0 aromatic heterocycles. The van der Waals surface area contributed by atoms with Gasteiger partial charge < -0.3 is 4.74 Å². The van der Waals surface area contributed by atoms with Crippen molar-refractivity contribution in [2.24, 2.45) is 0 Å². The molecule has 2 rings (SSSR count). The zero-order chi connectivity index (χ0) is 14.8. The van der Waals surface area contributed by atoms with E-state index in [2.05, 4.69) is 4.72 Å². The van der Waals surface area contributed by atoms with Gasteiger partial charge in [0, 0.05) is 12.6 Å². The number of nitrogens with zero attached hydrogens (tertiary/aromatic N) is 1. The van der Waals surface area contributed by atoms with Crippen LogP contribution in [0, 0.1) is 11.3 Å². The number of halogens is 1. The predicted octanol–water partition coefficient (Wildman–Crippen LogP) is 2.06. The largest absolute Gasteiger partial charge is 0.377 e. The van der Waals surface area contributed by atoms with E-state index in [0.717, 1.165) is 12.8 Å². The minimum absolute atomic E-state index is 0.0805. The average molecular weight is 315 g/mol. The van der Waals surface area contributed by atoms with Crippen molar-refractivity contribution in [3.05, 3.63) is 28.8 Å². The Balaban J connectivity index is 2.24. The van der Waals surface area contributed by atoms with Crippen LogP contribution < -0.4 is 4.72 Å². The van der Waals surface area contributed by atoms with Crippen molar-refractivity contribution < 1.29 is 13.2 Å². The van der Waals surface area contributed by atoms with Gasteiger partial charge in [-0.25, -0.2) is 13.1 Å². The van der Waals surface area contributed by atoms with Crippen LogP contribution in [0.4, 0.5) is 0 Å². The topological polar surface area (TPSA) is 79.2 Å². The van der Waals surface area contributed by atoms with Crippen molar-refractivity contribution in [2.45, 2.75) is 36.8 Å². The Morgan fingerprint density at radius 1 is 1.55 bits per heavy atom. The zero-order valence-corrected chi connectivity index (χ0v) is 12.5. The fraction of sp³-hybridized carbons (Fsp3) is 0.462. The van der Waals surface area contributed by atoms with E-state index in [0.29, 0.717) is 6.61 Å². The Hall–Kier alpha value is -1.13. The zero-order valence-electron chi connectivity index (χ0n) is 11.0. The van der Waals surface area contributed by atoms with E-state index in [1.165, 1.54) is 18.2 Å². The molecule has 0 spiro atoms. The van der Waals surface area contributed by atoms with Gasteiger partial charge in [0.1, 0.15) is 4.90 Å². The minimum atomic E-state index is -3.77. The number of benzene rings is 1. The molecule has 0 aliphatic carbocycles. The van der Waals surface area contributed by atoms with E-state index in [-0.39, 0.29) is 27.6 Å². The lowest BCUT2D eigenvalue weighted by atomic mass is 10.1. The lowest BCUT2D eigenvalue weighted by molar-refractivity contribution is 0.0902. The van der Waals surface area contributed by atoms with Gasteiger partial charge in [0.2, 0.25) is 10.0 Å². The van der Waals surface area contributed by atoms with Crippen LogP contribution in [0.2, 0.25) is 5.02 Å². The molecule has 20 heavy (non-hydrogen) atoms. The lowest BCUT2D eigenvalue weighted by Gasteiger charge is -2.20. The van der Waals surface area contributed by atoms with Crippen molar-refractivity contribution in [3.63, 3.8) is 0 Å². The van der Waals surface area contributed by atoms with Gasteiger partial charge in [0.15, 0.2) is 0 Å². The molecular weight excluding hydrogens is 300 g/mol. The highest BCUT2D eigenvalue weighted by atomic mass is 35.5. The van der Waals surface area contributed by atoms with Crippen LogP contribution in [0.5, 0.6) is 0 Å². The maximum Gasteiger partial charge on any atom is 0.242 e. The van der Waals surface area contributed by atoms with E-state index in [9.17, 15) is 8.42 Å². The molecule has 108 valence electrons. The molecule has 5 nitrogen and oxygen atoms in total. The summed E-state index contributed by atoms with van der Waals surface area (Å²) in [4.78, 5) is -0.0805. The first kappa shape index (κ1) is 15.3. The molecule has 7 heteroatoms. The Morgan fingerprint density at radius 3 is 2.90 bits per heavy atom. The SMILES string of the molecule is CC(NS(=O)(=O)c1cc(C#N)ccc1Cl)C1CCCO1. The lowest BCUT2D eigenvalue weighted by Crippen LogP contribution is -2.40. The standard InChI is InChI=1S/C13H15ClN2O3S/c1-9(12-3-2-6-19-12)16-20(17,18)13-7-10(8-15)4-5-11(13)14/h4-5,7,9,12,16H,2-3,6H2,1H3. The summed E-state index contributed by atoms with van der Waals surface area (Å²) in [7, 11) is -3.77. The summed E-state index contributed by atoms with van der Waals surface area (Å²) in [5, 5.41) is 8.94. The number of hydrogen-bond acceptors (Lipinski definition) is 4. The van der Waals surface area contributed by atoms with Gasteiger partial charge in [-0.3, -0.25) is 0 Å². The molecule has 0 bridgehead atoms. The summed E-state index contributed by atoms with van der Waals surface area (Å²) < 4.78 is 32.7. The maximum absolute atomic E-state index is 12.3. The Morgan fingerprint density at radius 2 is 2.30 bits per heavy atom. The van der Waals surface area contributed by atoms with Gasteiger partial charge in [-0.1, -0.05) is 11.6 Å². The van der Waals surface area contributed by atoms with E-state index in [1.807, 2.05) is 6.07 Å². The monoisotopic (exact) mass is 314 g/mol. The van der Waals surface area contributed by atoms with Crippen LogP contribution in [0.3, 0.4) is 0 Å². The molecule has 2 atom stereocenters. The van der Waals surface area contributed by atoms with Crippen LogP contribution in [-0.4, -0.2) is 27.2 Å². The molecule has 0 saturated carbocycles. The summed E-state index contributed by atoms with van der Waals surface area (Å²) in [6.07, 6.45) is 1.64. The summed E-state index contributed by atoms with van der Waals surface area (Å²) in [5.74, 6) is 0. The predicted molar refractivity (Wildman–Crippen MR) is 74.9 cm³/mol. The first-order valence-corrected chi connectivity index (χ1v) is 8.14. The van der Waals surface area contributed by atoms with Crippen molar-refractivity contribution in [1.29, 1.82) is 5.26 Å². The van der Waals surface area contributed by atoms with Gasteiger partial charge in [-0.15, -0.1) is 0 Å². The Bertz CT molecular complexity index is 634. The number of sulfonamides is 1. The number of nitriles is 1. The Kier molecular flexibility index (Phi) is 4.66. The fourth-order valence-corrected chi connectivity index (χ4v) is 3.96. The number of nitrogens with one attached hydrogen (secondary N) is 1. The normalized spacial score (nSPS) is 20.6. The Labute approximate surface area is 123 Å². The van der Waals surface area contributed by atoms with Crippen LogP contribution in [0.25, 0.3) is 0 Å². The molecule has 1 aromatic carbocycles.